The van der Waals surface area contributed by atoms with E-state index in [1.54, 1.807) is 31.2 Å². The Kier molecular flexibility index (Phi) is 7.08. The highest BCUT2D eigenvalue weighted by Gasteiger charge is 2.40. The van der Waals surface area contributed by atoms with Gasteiger partial charge in [-0.2, -0.15) is 9.78 Å². The number of rotatable bonds is 8. The van der Waals surface area contributed by atoms with Gasteiger partial charge < -0.3 is 10.2 Å². The van der Waals surface area contributed by atoms with Crippen LogP contribution in [0.4, 0.5) is 4.39 Å². The van der Waals surface area contributed by atoms with E-state index in [4.69, 9.17) is 11.6 Å². The van der Waals surface area contributed by atoms with E-state index in [1.165, 1.54) is 13.0 Å². The second-order valence-electron chi connectivity index (χ2n) is 7.78. The van der Waals surface area contributed by atoms with Gasteiger partial charge in [-0.25, -0.2) is 4.39 Å². The van der Waals surface area contributed by atoms with E-state index in [9.17, 15) is 19.4 Å². The van der Waals surface area contributed by atoms with Crippen LogP contribution < -0.4 is 10.9 Å². The van der Waals surface area contributed by atoms with Crippen molar-refractivity contribution in [1.29, 1.82) is 0 Å². The number of aromatic nitrogens is 2. The van der Waals surface area contributed by atoms with Gasteiger partial charge in [0.05, 0.1) is 22.6 Å². The Morgan fingerprint density at radius 2 is 2.17 bits per heavy atom. The Bertz CT molecular complexity index is 974. The molecule has 3 N–H and O–H groups in total. The monoisotopic (exact) mass is 435 g/mol. The predicted molar refractivity (Wildman–Crippen MR) is 116 cm³/mol. The van der Waals surface area contributed by atoms with E-state index in [0.717, 1.165) is 15.3 Å². The SMILES string of the molecule is C/C=C\C(=C/C(C)F)n1nc(C2=CC=C(Cl)CC2)cc(C(O)NCC2(O)CC2)c1=O. The standard InChI is InChI=1S/C22H27ClFN3O3/c1-3-4-17(11-14(2)24)27-21(29)18(20(28)25-13-22(30)9-10-22)12-19(26-27)15-5-7-16(23)8-6-15/h3-5,7,11-12,14,20,25,28,30H,6,8-10,13H2,1-2H3/b4-3-,17-11+. The third-order valence-corrected chi connectivity index (χ3v) is 5.41. The summed E-state index contributed by atoms with van der Waals surface area (Å²) in [7, 11) is 0. The predicted octanol–water partition coefficient (Wildman–Crippen LogP) is 3.42. The van der Waals surface area contributed by atoms with E-state index in [1.807, 2.05) is 6.08 Å². The van der Waals surface area contributed by atoms with Crippen molar-refractivity contribution in [1.82, 2.24) is 15.1 Å². The van der Waals surface area contributed by atoms with Crippen LogP contribution in [0.2, 0.25) is 0 Å². The van der Waals surface area contributed by atoms with Crippen LogP contribution in [0.25, 0.3) is 11.3 Å². The lowest BCUT2D eigenvalue weighted by Gasteiger charge is -2.19. The molecule has 8 heteroatoms. The largest absolute Gasteiger partial charge is 0.389 e. The summed E-state index contributed by atoms with van der Waals surface area (Å²) in [4.78, 5) is 13.1. The summed E-state index contributed by atoms with van der Waals surface area (Å²) >= 11 is 6.05. The number of nitrogens with one attached hydrogen (secondary N) is 1. The maximum absolute atomic E-state index is 13.7. The number of alkyl halides is 1. The molecule has 1 saturated carbocycles. The Labute approximate surface area is 180 Å². The Balaban J connectivity index is 2.08. The first-order valence-corrected chi connectivity index (χ1v) is 10.4. The number of aliphatic hydroxyl groups excluding tert-OH is 1. The van der Waals surface area contributed by atoms with Gasteiger partial charge in [-0.05, 0) is 69.4 Å². The lowest BCUT2D eigenvalue weighted by atomic mass is 10.0. The molecule has 6 nitrogen and oxygen atoms in total. The average Bonchev–Trinajstić information content (AvgIpc) is 3.44. The highest BCUT2D eigenvalue weighted by Crippen LogP contribution is 2.34. The summed E-state index contributed by atoms with van der Waals surface area (Å²) in [5, 5.41) is 28.7. The molecule has 0 aliphatic heterocycles. The minimum absolute atomic E-state index is 0.0766. The lowest BCUT2D eigenvalue weighted by molar-refractivity contribution is 0.0897. The van der Waals surface area contributed by atoms with Crippen molar-refractivity contribution in [3.63, 3.8) is 0 Å². The second kappa shape index (κ2) is 9.39. The third-order valence-electron chi connectivity index (χ3n) is 5.10. The molecule has 2 aliphatic carbocycles. The van der Waals surface area contributed by atoms with Gasteiger partial charge in [0.2, 0.25) is 0 Å². The van der Waals surface area contributed by atoms with Crippen molar-refractivity contribution in [2.75, 3.05) is 6.54 Å². The van der Waals surface area contributed by atoms with Crippen LogP contribution >= 0.6 is 11.6 Å². The van der Waals surface area contributed by atoms with Gasteiger partial charge in [0.15, 0.2) is 0 Å². The van der Waals surface area contributed by atoms with Crippen molar-refractivity contribution in [3.8, 4) is 0 Å². The minimum Gasteiger partial charge on any atom is -0.389 e. The Morgan fingerprint density at radius 1 is 1.43 bits per heavy atom. The fourth-order valence-electron chi connectivity index (χ4n) is 3.19. The third kappa shape index (κ3) is 5.55. The van der Waals surface area contributed by atoms with Gasteiger partial charge >= 0.3 is 0 Å². The van der Waals surface area contributed by atoms with Gasteiger partial charge in [0.25, 0.3) is 5.56 Å². The maximum atomic E-state index is 13.7. The molecular weight excluding hydrogens is 409 g/mol. The van der Waals surface area contributed by atoms with Gasteiger partial charge in [0.1, 0.15) is 12.4 Å². The molecule has 2 atom stereocenters. The summed E-state index contributed by atoms with van der Waals surface area (Å²) in [5.41, 5.74) is 0.319. The molecule has 30 heavy (non-hydrogen) atoms. The first-order chi connectivity index (χ1) is 14.2. The van der Waals surface area contributed by atoms with E-state index in [0.29, 0.717) is 31.4 Å². The molecule has 1 aromatic heterocycles. The minimum atomic E-state index is -1.30. The highest BCUT2D eigenvalue weighted by atomic mass is 35.5. The van der Waals surface area contributed by atoms with Crippen LogP contribution in [0.3, 0.4) is 0 Å². The molecule has 0 radical (unpaired) electrons. The van der Waals surface area contributed by atoms with Crippen LogP contribution in [-0.4, -0.2) is 38.3 Å². The number of aliphatic hydroxyl groups is 2. The number of allylic oxidation sites excluding steroid dienone is 8. The molecule has 0 saturated heterocycles. The molecule has 1 fully saturated rings. The van der Waals surface area contributed by atoms with Crippen LogP contribution in [0.5, 0.6) is 0 Å². The zero-order valence-electron chi connectivity index (χ0n) is 17.1. The van der Waals surface area contributed by atoms with Gasteiger partial charge in [-0.15, -0.1) is 0 Å². The first kappa shape index (κ1) is 22.6. The summed E-state index contributed by atoms with van der Waals surface area (Å²) in [5.74, 6) is 0. The number of hydrogen-bond acceptors (Lipinski definition) is 5. The molecule has 0 bridgehead atoms. The van der Waals surface area contributed by atoms with Crippen molar-refractivity contribution in [2.24, 2.45) is 0 Å². The van der Waals surface area contributed by atoms with Crippen molar-refractivity contribution >= 4 is 22.9 Å². The zero-order valence-corrected chi connectivity index (χ0v) is 17.9. The Hall–Kier alpha value is -2.06. The molecule has 3 rings (SSSR count). The van der Waals surface area contributed by atoms with Gasteiger partial charge in [-0.3, -0.25) is 10.1 Å². The molecule has 0 amide bonds. The number of nitrogens with zero attached hydrogens (tertiary/aromatic N) is 2. The van der Waals surface area contributed by atoms with Gasteiger partial charge in [0, 0.05) is 11.6 Å². The van der Waals surface area contributed by atoms with E-state index < -0.39 is 23.6 Å². The molecule has 0 spiro atoms. The van der Waals surface area contributed by atoms with Crippen molar-refractivity contribution in [2.45, 2.75) is 57.5 Å². The van der Waals surface area contributed by atoms with Crippen molar-refractivity contribution < 1.29 is 14.6 Å². The first-order valence-electron chi connectivity index (χ1n) is 10.0. The number of hydrogen-bond donors (Lipinski definition) is 3. The maximum Gasteiger partial charge on any atom is 0.278 e. The number of halogens is 2. The topological polar surface area (TPSA) is 87.4 Å². The fraction of sp³-hybridized carbons (Fsp3) is 0.455. The van der Waals surface area contributed by atoms with Crippen LogP contribution in [0, 0.1) is 0 Å². The highest BCUT2D eigenvalue weighted by molar-refractivity contribution is 6.29. The summed E-state index contributed by atoms with van der Waals surface area (Å²) in [6.45, 7) is 3.30. The molecule has 2 aliphatic rings. The fourth-order valence-corrected chi connectivity index (χ4v) is 3.34. The van der Waals surface area contributed by atoms with Crippen LogP contribution in [0.1, 0.15) is 57.0 Å². The Morgan fingerprint density at radius 3 is 2.73 bits per heavy atom. The molecule has 0 aromatic carbocycles. The van der Waals surface area contributed by atoms with E-state index in [2.05, 4.69) is 10.4 Å². The zero-order chi connectivity index (χ0) is 21.9. The molecule has 2 unspecified atom stereocenters. The van der Waals surface area contributed by atoms with Crippen molar-refractivity contribution in [3.05, 3.63) is 63.1 Å². The smallest absolute Gasteiger partial charge is 0.278 e. The van der Waals surface area contributed by atoms with E-state index >= 15 is 0 Å². The van der Waals surface area contributed by atoms with Gasteiger partial charge in [-0.1, -0.05) is 23.8 Å². The lowest BCUT2D eigenvalue weighted by Crippen LogP contribution is -2.36. The second-order valence-corrected chi connectivity index (χ2v) is 8.27. The van der Waals surface area contributed by atoms with Crippen LogP contribution in [0.15, 0.2) is 46.3 Å². The molecule has 1 heterocycles. The molecular formula is C22H27ClFN3O3. The summed E-state index contributed by atoms with van der Waals surface area (Å²) in [6, 6.07) is 1.54. The normalized spacial score (nSPS) is 20.7. The molecule has 162 valence electrons. The summed E-state index contributed by atoms with van der Waals surface area (Å²) < 4.78 is 14.8. The quantitative estimate of drug-likeness (QED) is 0.430. The molecule has 1 aromatic rings. The summed E-state index contributed by atoms with van der Waals surface area (Å²) in [6.07, 6.45) is 8.18. The van der Waals surface area contributed by atoms with Crippen LogP contribution in [-0.2, 0) is 0 Å². The average molecular weight is 436 g/mol. The van der Waals surface area contributed by atoms with E-state index in [-0.39, 0.29) is 17.8 Å².